The topological polar surface area (TPSA) is 90.2 Å². The van der Waals surface area contributed by atoms with Crippen molar-refractivity contribution in [2.75, 3.05) is 19.8 Å². The van der Waals surface area contributed by atoms with Crippen molar-refractivity contribution >= 4 is 0 Å². The molecule has 0 aliphatic heterocycles. The molecule has 0 fully saturated rings. The average Bonchev–Trinajstić information content (AvgIpc) is 2.71. The summed E-state index contributed by atoms with van der Waals surface area (Å²) in [4.78, 5) is 0. The molecule has 5 nitrogen and oxygen atoms in total. The van der Waals surface area contributed by atoms with Crippen LogP contribution in [0.4, 0.5) is 0 Å². The van der Waals surface area contributed by atoms with Crippen LogP contribution in [0.2, 0.25) is 0 Å². The monoisotopic (exact) mass is 404 g/mol. The first kappa shape index (κ1) is 27.8. The molecule has 0 aromatic carbocycles. The van der Waals surface area contributed by atoms with Crippen LogP contribution in [0.3, 0.4) is 0 Å². The van der Waals surface area contributed by atoms with Crippen molar-refractivity contribution in [3.05, 3.63) is 0 Å². The number of hydrogen-bond donors (Lipinski definition) is 4. The van der Waals surface area contributed by atoms with Crippen LogP contribution in [-0.2, 0) is 4.74 Å². The zero-order valence-corrected chi connectivity index (χ0v) is 18.6. The molecule has 0 amide bonds. The highest BCUT2D eigenvalue weighted by Gasteiger charge is 2.41. The second-order valence-electron chi connectivity index (χ2n) is 8.30. The zero-order chi connectivity index (χ0) is 21.1. The summed E-state index contributed by atoms with van der Waals surface area (Å²) in [6.45, 7) is 3.87. The summed E-state index contributed by atoms with van der Waals surface area (Å²) in [5.41, 5.74) is -1.51. The molecule has 5 heteroatoms. The van der Waals surface area contributed by atoms with Gasteiger partial charge in [0.15, 0.2) is 0 Å². The Morgan fingerprint density at radius 1 is 0.714 bits per heavy atom. The van der Waals surface area contributed by atoms with Gasteiger partial charge in [-0.15, -0.1) is 0 Å². The van der Waals surface area contributed by atoms with E-state index in [2.05, 4.69) is 13.8 Å². The van der Waals surface area contributed by atoms with Gasteiger partial charge in [0.1, 0.15) is 17.8 Å². The zero-order valence-electron chi connectivity index (χ0n) is 18.6. The maximum Gasteiger partial charge on any atom is 0.116 e. The van der Waals surface area contributed by atoms with Crippen LogP contribution in [0, 0.1) is 0 Å². The van der Waals surface area contributed by atoms with Gasteiger partial charge in [0.05, 0.1) is 13.2 Å². The molecule has 0 saturated carbocycles. The highest BCUT2D eigenvalue weighted by atomic mass is 16.5. The minimum atomic E-state index is -1.51. The van der Waals surface area contributed by atoms with Crippen LogP contribution >= 0.6 is 0 Å². The van der Waals surface area contributed by atoms with Crippen molar-refractivity contribution in [2.24, 2.45) is 0 Å². The highest BCUT2D eigenvalue weighted by Crippen LogP contribution is 2.25. The minimum Gasteiger partial charge on any atom is -0.394 e. The molecule has 0 radical (unpaired) electrons. The van der Waals surface area contributed by atoms with Crippen LogP contribution in [0.5, 0.6) is 0 Å². The van der Waals surface area contributed by atoms with Gasteiger partial charge in [-0.05, 0) is 12.8 Å². The molecule has 0 aliphatic carbocycles. The Hall–Kier alpha value is -0.200. The second kappa shape index (κ2) is 18.8. The molecule has 0 aromatic heterocycles. The Kier molecular flexibility index (Phi) is 18.7. The molecule has 0 aromatic rings. The Morgan fingerprint density at radius 2 is 1.18 bits per heavy atom. The van der Waals surface area contributed by atoms with Gasteiger partial charge in [0.25, 0.3) is 0 Å². The number of unbranched alkanes of at least 4 members (excludes halogenated alkanes) is 12. The molecule has 0 rings (SSSR count). The summed E-state index contributed by atoms with van der Waals surface area (Å²) >= 11 is 0. The first-order valence-corrected chi connectivity index (χ1v) is 11.8. The normalized spacial score (nSPS) is 16.1. The van der Waals surface area contributed by atoms with Crippen molar-refractivity contribution in [1.82, 2.24) is 0 Å². The Bertz CT molecular complexity index is 326. The predicted molar refractivity (Wildman–Crippen MR) is 115 cm³/mol. The van der Waals surface area contributed by atoms with E-state index >= 15 is 0 Å². The molecule has 28 heavy (non-hydrogen) atoms. The van der Waals surface area contributed by atoms with Gasteiger partial charge in [-0.25, -0.2) is 0 Å². The summed E-state index contributed by atoms with van der Waals surface area (Å²) in [5.74, 6) is 0. The lowest BCUT2D eigenvalue weighted by atomic mass is 9.87. The molecule has 4 N–H and O–H groups in total. The lowest BCUT2D eigenvalue weighted by Crippen LogP contribution is -2.54. The van der Waals surface area contributed by atoms with Crippen molar-refractivity contribution in [3.8, 4) is 0 Å². The average molecular weight is 405 g/mol. The molecule has 0 aliphatic rings. The third-order valence-corrected chi connectivity index (χ3v) is 5.60. The predicted octanol–water partition coefficient (Wildman–Crippen LogP) is 4.34. The van der Waals surface area contributed by atoms with Gasteiger partial charge in [0, 0.05) is 6.61 Å². The molecular formula is C23H48O5. The standard InChI is InChI=1S/C23H48O5/c1-3-5-7-9-11-13-15-17-23(27,20-25)22(21(26)19-24)28-18-16-14-12-10-8-6-4-2/h21-22,24-27H,3-20H2,1-2H3. The van der Waals surface area contributed by atoms with E-state index in [0.29, 0.717) is 13.0 Å². The lowest BCUT2D eigenvalue weighted by molar-refractivity contribution is -0.181. The number of aliphatic hydroxyl groups is 4. The fraction of sp³-hybridized carbons (Fsp3) is 1.00. The van der Waals surface area contributed by atoms with Gasteiger partial charge in [-0.3, -0.25) is 0 Å². The summed E-state index contributed by atoms with van der Waals surface area (Å²) in [5, 5.41) is 40.1. The molecule has 0 heterocycles. The largest absolute Gasteiger partial charge is 0.394 e. The SMILES string of the molecule is CCCCCCCCCOC(C(O)CO)C(O)(CO)CCCCCCCCC. The van der Waals surface area contributed by atoms with Crippen LogP contribution in [0.1, 0.15) is 110 Å². The summed E-state index contributed by atoms with van der Waals surface area (Å²) in [7, 11) is 0. The number of ether oxygens (including phenoxy) is 1. The molecule has 170 valence electrons. The van der Waals surface area contributed by atoms with E-state index < -0.39 is 31.0 Å². The quantitative estimate of drug-likeness (QED) is 0.214. The Morgan fingerprint density at radius 3 is 1.64 bits per heavy atom. The third kappa shape index (κ3) is 13.1. The van der Waals surface area contributed by atoms with Crippen LogP contribution in [-0.4, -0.2) is 58.1 Å². The molecule has 0 spiro atoms. The van der Waals surface area contributed by atoms with E-state index in [1.807, 2.05) is 0 Å². The van der Waals surface area contributed by atoms with E-state index in [1.54, 1.807) is 0 Å². The molecule has 0 saturated heterocycles. The van der Waals surface area contributed by atoms with Gasteiger partial charge in [0.2, 0.25) is 0 Å². The third-order valence-electron chi connectivity index (χ3n) is 5.60. The maximum absolute atomic E-state index is 10.9. The van der Waals surface area contributed by atoms with Crippen LogP contribution < -0.4 is 0 Å². The van der Waals surface area contributed by atoms with Crippen LogP contribution in [0.15, 0.2) is 0 Å². The minimum absolute atomic E-state index is 0.371. The van der Waals surface area contributed by atoms with Crippen molar-refractivity contribution in [3.63, 3.8) is 0 Å². The molecular weight excluding hydrogens is 356 g/mol. The number of hydrogen-bond acceptors (Lipinski definition) is 5. The van der Waals surface area contributed by atoms with Gasteiger partial charge >= 0.3 is 0 Å². The highest BCUT2D eigenvalue weighted by molar-refractivity contribution is 4.91. The van der Waals surface area contributed by atoms with E-state index in [4.69, 9.17) is 4.74 Å². The smallest absolute Gasteiger partial charge is 0.116 e. The van der Waals surface area contributed by atoms with Crippen molar-refractivity contribution < 1.29 is 25.2 Å². The van der Waals surface area contributed by atoms with E-state index in [0.717, 1.165) is 32.1 Å². The van der Waals surface area contributed by atoms with Crippen molar-refractivity contribution in [2.45, 2.75) is 128 Å². The van der Waals surface area contributed by atoms with Crippen LogP contribution in [0.25, 0.3) is 0 Å². The van der Waals surface area contributed by atoms with Gasteiger partial charge in [-0.1, -0.05) is 97.3 Å². The van der Waals surface area contributed by atoms with E-state index in [9.17, 15) is 20.4 Å². The van der Waals surface area contributed by atoms with Gasteiger partial charge < -0.3 is 25.2 Å². The maximum atomic E-state index is 10.9. The molecule has 3 unspecified atom stereocenters. The van der Waals surface area contributed by atoms with Gasteiger partial charge in [-0.2, -0.15) is 0 Å². The number of rotatable bonds is 21. The Labute approximate surface area is 173 Å². The molecule has 0 bridgehead atoms. The van der Waals surface area contributed by atoms with Crippen molar-refractivity contribution in [1.29, 1.82) is 0 Å². The summed E-state index contributed by atoms with van der Waals surface area (Å²) < 4.78 is 5.77. The second-order valence-corrected chi connectivity index (χ2v) is 8.30. The first-order chi connectivity index (χ1) is 13.6. The fourth-order valence-corrected chi connectivity index (χ4v) is 3.69. The first-order valence-electron chi connectivity index (χ1n) is 11.8. The molecule has 3 atom stereocenters. The lowest BCUT2D eigenvalue weighted by Gasteiger charge is -2.37. The summed E-state index contributed by atoms with van der Waals surface area (Å²) in [6.07, 6.45) is 14.1. The Balaban J connectivity index is 4.27. The van der Waals surface area contributed by atoms with E-state index in [1.165, 1.54) is 57.8 Å². The fourth-order valence-electron chi connectivity index (χ4n) is 3.69. The van der Waals surface area contributed by atoms with E-state index in [-0.39, 0.29) is 0 Å². The summed E-state index contributed by atoms with van der Waals surface area (Å²) in [6, 6.07) is 0. The number of aliphatic hydroxyl groups excluding tert-OH is 3.